The van der Waals surface area contributed by atoms with Gasteiger partial charge in [0, 0.05) is 0 Å². The molecule has 0 aliphatic heterocycles. The Hall–Kier alpha value is -1.56. The second-order valence-electron chi connectivity index (χ2n) is 2.86. The van der Waals surface area contributed by atoms with E-state index in [1.807, 2.05) is 6.07 Å². The average Bonchev–Trinajstić information content (AvgIpc) is 2.14. The van der Waals surface area contributed by atoms with Crippen LogP contribution in [0.5, 0.6) is 0 Å². The van der Waals surface area contributed by atoms with Crippen molar-refractivity contribution in [1.29, 1.82) is 0 Å². The number of hydrogen-bond donors (Lipinski definition) is 0. The molecule has 0 bridgehead atoms. The number of carbonyl (C=O) groups excluding carboxylic acids is 1. The third-order valence-electron chi connectivity index (χ3n) is 1.45. The van der Waals surface area contributed by atoms with Crippen LogP contribution in [0.4, 0.5) is 4.79 Å². The van der Waals surface area contributed by atoms with Crippen LogP contribution < -0.4 is 4.72 Å². The number of benzene rings is 1. The van der Waals surface area contributed by atoms with Crippen LogP contribution >= 0.6 is 0 Å². The zero-order chi connectivity index (χ0) is 11.3. The molecule has 1 aromatic rings. The van der Waals surface area contributed by atoms with Crippen molar-refractivity contribution in [2.75, 3.05) is 6.26 Å². The second kappa shape index (κ2) is 4.79. The summed E-state index contributed by atoms with van der Waals surface area (Å²) in [6.07, 6.45) is -0.266. The van der Waals surface area contributed by atoms with Gasteiger partial charge in [-0.25, -0.2) is 13.2 Å². The number of nitrogens with zero attached hydrogens (tertiary/aromatic N) is 1. The molecule has 1 radical (unpaired) electrons. The molecule has 0 unspecified atom stereocenters. The van der Waals surface area contributed by atoms with Gasteiger partial charge < -0.3 is 4.74 Å². The van der Waals surface area contributed by atoms with Gasteiger partial charge in [-0.15, -0.1) is 0 Å². The molecular weight excluding hydrogens is 218 g/mol. The standard InChI is InChI=1S/C9H10NO4S/c1-15(12,13)10-9(11)14-7-8-5-3-2-4-6-8/h2-6H,7H2,1H3. The molecule has 1 rings (SSSR count). The minimum Gasteiger partial charge on any atom is -0.443 e. The van der Waals surface area contributed by atoms with E-state index >= 15 is 0 Å². The van der Waals surface area contributed by atoms with Crippen molar-refractivity contribution in [3.05, 3.63) is 35.9 Å². The molecule has 0 aliphatic carbocycles. The van der Waals surface area contributed by atoms with Gasteiger partial charge in [-0.05, 0) is 5.56 Å². The van der Waals surface area contributed by atoms with Gasteiger partial charge in [0.05, 0.1) is 6.26 Å². The Morgan fingerprint density at radius 2 is 1.93 bits per heavy atom. The molecule has 1 aromatic carbocycles. The number of rotatable bonds is 3. The van der Waals surface area contributed by atoms with Crippen LogP contribution in [0.3, 0.4) is 0 Å². The van der Waals surface area contributed by atoms with Gasteiger partial charge in [-0.3, -0.25) is 0 Å². The molecule has 0 aromatic heterocycles. The van der Waals surface area contributed by atoms with Crippen LogP contribution in [0.15, 0.2) is 30.3 Å². The lowest BCUT2D eigenvalue weighted by Gasteiger charge is -2.02. The van der Waals surface area contributed by atoms with E-state index in [0.29, 0.717) is 0 Å². The van der Waals surface area contributed by atoms with Crippen molar-refractivity contribution in [1.82, 2.24) is 4.72 Å². The summed E-state index contributed by atoms with van der Waals surface area (Å²) in [7, 11) is -3.68. The van der Waals surface area contributed by atoms with E-state index in [1.54, 1.807) is 24.3 Å². The average molecular weight is 228 g/mol. The largest absolute Gasteiger partial charge is 0.444 e. The molecule has 6 heteroatoms. The first-order valence-corrected chi connectivity index (χ1v) is 5.96. The summed E-state index contributed by atoms with van der Waals surface area (Å²) in [6.45, 7) is 0.0126. The van der Waals surface area contributed by atoms with Crippen molar-refractivity contribution in [3.8, 4) is 0 Å². The lowest BCUT2D eigenvalue weighted by Crippen LogP contribution is -2.22. The van der Waals surface area contributed by atoms with E-state index in [2.05, 4.69) is 9.46 Å². The number of amides is 1. The highest BCUT2D eigenvalue weighted by molar-refractivity contribution is 7.89. The summed E-state index contributed by atoms with van der Waals surface area (Å²) in [4.78, 5) is 10.9. The maximum atomic E-state index is 10.9. The molecule has 0 saturated heterocycles. The summed E-state index contributed by atoms with van der Waals surface area (Å²) in [6, 6.07) is 8.92. The Morgan fingerprint density at radius 3 is 2.47 bits per heavy atom. The molecule has 0 fully saturated rings. The number of sulfonamides is 1. The molecule has 0 atom stereocenters. The van der Waals surface area contributed by atoms with Crippen molar-refractivity contribution < 1.29 is 17.9 Å². The Labute approximate surface area is 88.1 Å². The van der Waals surface area contributed by atoms with Gasteiger partial charge in [0.25, 0.3) is 10.0 Å². The lowest BCUT2D eigenvalue weighted by atomic mass is 10.2. The zero-order valence-electron chi connectivity index (χ0n) is 8.08. The van der Waals surface area contributed by atoms with Crippen molar-refractivity contribution in [3.63, 3.8) is 0 Å². The molecule has 0 spiro atoms. The predicted molar refractivity (Wildman–Crippen MR) is 53.6 cm³/mol. The van der Waals surface area contributed by atoms with Crippen molar-refractivity contribution in [2.24, 2.45) is 0 Å². The number of carbonyl (C=O) groups is 1. The van der Waals surface area contributed by atoms with Gasteiger partial charge >= 0.3 is 6.09 Å². The maximum Gasteiger partial charge on any atom is 0.444 e. The van der Waals surface area contributed by atoms with Gasteiger partial charge in [0.1, 0.15) is 6.61 Å². The van der Waals surface area contributed by atoms with E-state index in [9.17, 15) is 13.2 Å². The number of ether oxygens (including phenoxy) is 1. The topological polar surface area (TPSA) is 74.5 Å². The minimum atomic E-state index is -3.68. The van der Waals surface area contributed by atoms with Crippen molar-refractivity contribution in [2.45, 2.75) is 6.61 Å². The fourth-order valence-electron chi connectivity index (χ4n) is 0.881. The fraction of sp³-hybridized carbons (Fsp3) is 0.222. The smallest absolute Gasteiger partial charge is 0.443 e. The van der Waals surface area contributed by atoms with E-state index in [1.165, 1.54) is 0 Å². The van der Waals surface area contributed by atoms with Crippen LogP contribution in [-0.4, -0.2) is 20.8 Å². The first-order valence-electron chi connectivity index (χ1n) is 4.11. The summed E-state index contributed by atoms with van der Waals surface area (Å²) in [5.74, 6) is 0. The fourth-order valence-corrected chi connectivity index (χ4v) is 1.20. The quantitative estimate of drug-likeness (QED) is 0.769. The number of hydrogen-bond acceptors (Lipinski definition) is 4. The van der Waals surface area contributed by atoms with Crippen LogP contribution in [0.25, 0.3) is 0 Å². The molecule has 5 nitrogen and oxygen atoms in total. The molecule has 15 heavy (non-hydrogen) atoms. The normalized spacial score (nSPS) is 10.7. The highest BCUT2D eigenvalue weighted by Gasteiger charge is 2.12. The van der Waals surface area contributed by atoms with Crippen molar-refractivity contribution >= 4 is 16.1 Å². The predicted octanol–water partition coefficient (Wildman–Crippen LogP) is 0.887. The summed E-state index contributed by atoms with van der Waals surface area (Å²) in [5.41, 5.74) is 0.773. The third kappa shape index (κ3) is 5.02. The van der Waals surface area contributed by atoms with E-state index < -0.39 is 16.1 Å². The lowest BCUT2D eigenvalue weighted by molar-refractivity contribution is 0.145. The molecule has 0 aliphatic rings. The molecular formula is C9H10NO4S. The van der Waals surface area contributed by atoms with Crippen LogP contribution in [0, 0.1) is 0 Å². The second-order valence-corrected chi connectivity index (χ2v) is 4.51. The summed E-state index contributed by atoms with van der Waals surface area (Å²) in [5, 5.41) is 0. The SMILES string of the molecule is CS(=O)(=O)[N]C(=O)OCc1ccccc1. The Bertz CT molecular complexity index is 427. The summed E-state index contributed by atoms with van der Waals surface area (Å²) >= 11 is 0. The highest BCUT2D eigenvalue weighted by atomic mass is 32.2. The maximum absolute atomic E-state index is 10.9. The van der Waals surface area contributed by atoms with Gasteiger partial charge in [-0.1, -0.05) is 35.1 Å². The van der Waals surface area contributed by atoms with E-state index in [0.717, 1.165) is 11.8 Å². The Balaban J connectivity index is 2.42. The first kappa shape index (κ1) is 11.5. The van der Waals surface area contributed by atoms with E-state index in [4.69, 9.17) is 0 Å². The van der Waals surface area contributed by atoms with E-state index in [-0.39, 0.29) is 6.61 Å². The van der Waals surface area contributed by atoms with Crippen LogP contribution in [0.2, 0.25) is 0 Å². The third-order valence-corrected chi connectivity index (χ3v) is 1.93. The highest BCUT2D eigenvalue weighted by Crippen LogP contribution is 2.00. The van der Waals surface area contributed by atoms with Crippen LogP contribution in [-0.2, 0) is 21.4 Å². The zero-order valence-corrected chi connectivity index (χ0v) is 8.90. The minimum absolute atomic E-state index is 0.0126. The Kier molecular flexibility index (Phi) is 3.68. The summed E-state index contributed by atoms with van der Waals surface area (Å²) < 4.78 is 28.6. The monoisotopic (exact) mass is 228 g/mol. The molecule has 81 valence electrons. The Morgan fingerprint density at radius 1 is 1.33 bits per heavy atom. The van der Waals surface area contributed by atoms with Gasteiger partial charge in [-0.2, -0.15) is 0 Å². The molecule has 0 N–H and O–H groups in total. The van der Waals surface area contributed by atoms with Crippen LogP contribution in [0.1, 0.15) is 5.56 Å². The van der Waals surface area contributed by atoms with Gasteiger partial charge in [0.2, 0.25) is 0 Å². The first-order chi connectivity index (χ1) is 6.97. The molecule has 1 amide bonds. The molecule has 0 heterocycles. The van der Waals surface area contributed by atoms with Gasteiger partial charge in [0.15, 0.2) is 0 Å². The molecule has 0 saturated carbocycles.